The molecule has 0 saturated carbocycles. The molecule has 2 N–H and O–H groups in total. The highest BCUT2D eigenvalue weighted by Gasteiger charge is 2.34. The summed E-state index contributed by atoms with van der Waals surface area (Å²) >= 11 is 17.7. The number of amides is 1. The van der Waals surface area contributed by atoms with Gasteiger partial charge < -0.3 is 15.4 Å². The minimum atomic E-state index is -1.70. The third-order valence-electron chi connectivity index (χ3n) is 2.55. The lowest BCUT2D eigenvalue weighted by Gasteiger charge is -2.28. The number of nitrogens with one attached hydrogen (secondary N) is 2. The second-order valence-electron chi connectivity index (χ2n) is 4.48. The summed E-state index contributed by atoms with van der Waals surface area (Å²) in [6.07, 6.45) is -0.876. The maximum absolute atomic E-state index is 11.8. The van der Waals surface area contributed by atoms with Gasteiger partial charge in [0.2, 0.25) is 9.70 Å². The number of carbonyl (C=O) groups excluding carboxylic acids is 1. The molecular weight excluding hydrogens is 323 g/mol. The number of benzene rings is 1. The Hall–Kier alpha value is -0.840. The molecule has 0 heterocycles. The van der Waals surface area contributed by atoms with Gasteiger partial charge in [0.25, 0.3) is 0 Å². The molecule has 0 aliphatic carbocycles. The lowest BCUT2D eigenvalue weighted by Crippen LogP contribution is -2.50. The minimum absolute atomic E-state index is 0.218. The van der Waals surface area contributed by atoms with Crippen LogP contribution in [0, 0.1) is 5.92 Å². The van der Waals surface area contributed by atoms with Crippen LogP contribution in [0.25, 0.3) is 0 Å². The molecule has 1 aromatic rings. The Balaban J connectivity index is 2.93. The Morgan fingerprint density at radius 1 is 1.25 bits per heavy atom. The zero-order valence-corrected chi connectivity index (χ0v) is 13.7. The molecule has 7 heteroatoms. The number of methoxy groups -OCH3 is 1. The molecule has 1 atom stereocenters. The van der Waals surface area contributed by atoms with Crippen molar-refractivity contribution in [3.05, 3.63) is 24.3 Å². The Morgan fingerprint density at radius 2 is 1.85 bits per heavy atom. The van der Waals surface area contributed by atoms with Crippen LogP contribution < -0.4 is 15.4 Å². The van der Waals surface area contributed by atoms with Crippen LogP contribution in [0.1, 0.15) is 13.8 Å². The number of carbonyl (C=O) groups is 1. The van der Waals surface area contributed by atoms with Gasteiger partial charge in [-0.15, -0.1) is 0 Å². The molecule has 20 heavy (non-hydrogen) atoms. The topological polar surface area (TPSA) is 50.4 Å². The largest absolute Gasteiger partial charge is 0.495 e. The van der Waals surface area contributed by atoms with Crippen LogP contribution in [-0.4, -0.2) is 23.0 Å². The van der Waals surface area contributed by atoms with E-state index in [-0.39, 0.29) is 11.8 Å². The number of hydrogen-bond donors (Lipinski definition) is 2. The molecule has 0 saturated heterocycles. The zero-order valence-electron chi connectivity index (χ0n) is 11.4. The molecule has 4 nitrogen and oxygen atoms in total. The van der Waals surface area contributed by atoms with Crippen LogP contribution in [0.2, 0.25) is 0 Å². The van der Waals surface area contributed by atoms with Crippen LogP contribution in [0.5, 0.6) is 5.75 Å². The van der Waals surface area contributed by atoms with Crippen LogP contribution in [-0.2, 0) is 4.79 Å². The zero-order chi connectivity index (χ0) is 15.3. The molecule has 0 fully saturated rings. The second-order valence-corrected chi connectivity index (χ2v) is 6.85. The van der Waals surface area contributed by atoms with Gasteiger partial charge in [0, 0.05) is 5.92 Å². The molecule has 1 amide bonds. The van der Waals surface area contributed by atoms with Crippen molar-refractivity contribution in [3.8, 4) is 5.75 Å². The third kappa shape index (κ3) is 4.93. The van der Waals surface area contributed by atoms with E-state index in [0.29, 0.717) is 11.4 Å². The van der Waals surface area contributed by atoms with E-state index in [1.807, 2.05) is 12.1 Å². The van der Waals surface area contributed by atoms with Crippen LogP contribution in [0.4, 0.5) is 5.69 Å². The molecule has 1 rings (SSSR count). The number of para-hydroxylation sites is 2. The van der Waals surface area contributed by atoms with E-state index < -0.39 is 9.96 Å². The van der Waals surface area contributed by atoms with Crippen LogP contribution in [0.15, 0.2) is 24.3 Å². The number of halogens is 3. The van der Waals surface area contributed by atoms with Crippen molar-refractivity contribution in [1.29, 1.82) is 0 Å². The first-order valence-electron chi connectivity index (χ1n) is 6.02. The van der Waals surface area contributed by atoms with Crippen LogP contribution in [0.3, 0.4) is 0 Å². The Bertz CT molecular complexity index is 461. The predicted molar refractivity (Wildman–Crippen MR) is 83.7 cm³/mol. The highest BCUT2D eigenvalue weighted by molar-refractivity contribution is 6.68. The van der Waals surface area contributed by atoms with Crippen molar-refractivity contribution in [2.45, 2.75) is 23.8 Å². The maximum atomic E-state index is 11.8. The van der Waals surface area contributed by atoms with Gasteiger partial charge >= 0.3 is 0 Å². The molecule has 0 radical (unpaired) electrons. The number of hydrogen-bond acceptors (Lipinski definition) is 3. The summed E-state index contributed by atoms with van der Waals surface area (Å²) in [5, 5.41) is 5.63. The summed E-state index contributed by atoms with van der Waals surface area (Å²) in [5.74, 6) is 0.151. The molecule has 0 aliphatic rings. The minimum Gasteiger partial charge on any atom is -0.495 e. The summed E-state index contributed by atoms with van der Waals surface area (Å²) in [6.45, 7) is 3.52. The summed E-state index contributed by atoms with van der Waals surface area (Å²) in [7, 11) is 1.54. The van der Waals surface area contributed by atoms with Crippen molar-refractivity contribution in [2.24, 2.45) is 5.92 Å². The van der Waals surface area contributed by atoms with E-state index in [1.54, 1.807) is 26.0 Å². The van der Waals surface area contributed by atoms with Gasteiger partial charge in [-0.25, -0.2) is 0 Å². The van der Waals surface area contributed by atoms with Gasteiger partial charge in [0.15, 0.2) is 0 Å². The van der Waals surface area contributed by atoms with Gasteiger partial charge in [0.1, 0.15) is 11.9 Å². The molecule has 0 bridgehead atoms. The second kappa shape index (κ2) is 7.25. The van der Waals surface area contributed by atoms with Gasteiger partial charge in [-0.3, -0.25) is 4.79 Å². The van der Waals surface area contributed by atoms with E-state index in [2.05, 4.69) is 10.6 Å². The summed E-state index contributed by atoms with van der Waals surface area (Å²) in [6, 6.07) is 7.16. The molecule has 0 aromatic heterocycles. The van der Waals surface area contributed by atoms with Gasteiger partial charge in [-0.2, -0.15) is 0 Å². The molecule has 1 aromatic carbocycles. The fourth-order valence-electron chi connectivity index (χ4n) is 1.43. The van der Waals surface area contributed by atoms with E-state index >= 15 is 0 Å². The van der Waals surface area contributed by atoms with Gasteiger partial charge in [-0.1, -0.05) is 60.8 Å². The number of alkyl halides is 3. The molecular formula is C13H17Cl3N2O2. The average Bonchev–Trinajstić information content (AvgIpc) is 2.37. The highest BCUT2D eigenvalue weighted by Crippen LogP contribution is 2.33. The first-order chi connectivity index (χ1) is 9.25. The lowest BCUT2D eigenvalue weighted by atomic mass is 10.2. The van der Waals surface area contributed by atoms with E-state index in [4.69, 9.17) is 39.5 Å². The molecule has 0 spiro atoms. The van der Waals surface area contributed by atoms with E-state index in [9.17, 15) is 4.79 Å². The Kier molecular flexibility index (Phi) is 6.24. The fourth-order valence-corrected chi connectivity index (χ4v) is 1.76. The first kappa shape index (κ1) is 17.2. The van der Waals surface area contributed by atoms with Gasteiger partial charge in [0.05, 0.1) is 12.8 Å². The quantitative estimate of drug-likeness (QED) is 0.637. The Labute approximate surface area is 133 Å². The van der Waals surface area contributed by atoms with E-state index in [0.717, 1.165) is 0 Å². The SMILES string of the molecule is COc1ccccc1NC(NC(=O)C(C)C)C(Cl)(Cl)Cl. The van der Waals surface area contributed by atoms with Crippen molar-refractivity contribution >= 4 is 46.4 Å². The van der Waals surface area contributed by atoms with E-state index in [1.165, 1.54) is 7.11 Å². The third-order valence-corrected chi connectivity index (χ3v) is 3.20. The monoisotopic (exact) mass is 338 g/mol. The maximum Gasteiger partial charge on any atom is 0.228 e. The number of anilines is 1. The summed E-state index contributed by atoms with van der Waals surface area (Å²) < 4.78 is 3.50. The smallest absolute Gasteiger partial charge is 0.228 e. The van der Waals surface area contributed by atoms with Crippen molar-refractivity contribution in [2.75, 3.05) is 12.4 Å². The van der Waals surface area contributed by atoms with Crippen LogP contribution >= 0.6 is 34.8 Å². The number of ether oxygens (including phenoxy) is 1. The number of rotatable bonds is 5. The summed E-state index contributed by atoms with van der Waals surface area (Å²) in [5.41, 5.74) is 0.621. The molecule has 0 aliphatic heterocycles. The standard InChI is InChI=1S/C13H17Cl3N2O2/c1-8(2)11(19)18-12(13(14,15)16)17-9-6-4-5-7-10(9)20-3/h4-8,12,17H,1-3H3,(H,18,19). The van der Waals surface area contributed by atoms with Gasteiger partial charge in [-0.05, 0) is 12.1 Å². The fraction of sp³-hybridized carbons (Fsp3) is 0.462. The summed E-state index contributed by atoms with van der Waals surface area (Å²) in [4.78, 5) is 11.8. The predicted octanol–water partition coefficient (Wildman–Crippen LogP) is 3.58. The Morgan fingerprint density at radius 3 is 2.35 bits per heavy atom. The van der Waals surface area contributed by atoms with Crippen molar-refractivity contribution in [3.63, 3.8) is 0 Å². The molecule has 1 unspecified atom stereocenters. The van der Waals surface area contributed by atoms with Crippen molar-refractivity contribution < 1.29 is 9.53 Å². The lowest BCUT2D eigenvalue weighted by molar-refractivity contribution is -0.124. The normalized spacial score (nSPS) is 12.9. The highest BCUT2D eigenvalue weighted by atomic mass is 35.6. The molecule has 112 valence electrons. The van der Waals surface area contributed by atoms with Crippen molar-refractivity contribution in [1.82, 2.24) is 5.32 Å². The average molecular weight is 340 g/mol. The first-order valence-corrected chi connectivity index (χ1v) is 7.15.